The SMILES string of the molecule is COc1ccc(OC)c(NC(=O)C(=O)Nc2ncccc2C)c1. The molecule has 23 heavy (non-hydrogen) atoms. The second-order valence-electron chi connectivity index (χ2n) is 4.64. The number of amides is 2. The number of benzene rings is 1. The zero-order chi connectivity index (χ0) is 16.8. The smallest absolute Gasteiger partial charge is 0.315 e. The molecule has 7 nitrogen and oxygen atoms in total. The van der Waals surface area contributed by atoms with Gasteiger partial charge < -0.3 is 20.1 Å². The van der Waals surface area contributed by atoms with Gasteiger partial charge in [0.05, 0.1) is 19.9 Å². The molecule has 1 heterocycles. The van der Waals surface area contributed by atoms with E-state index in [0.29, 0.717) is 23.0 Å². The lowest BCUT2D eigenvalue weighted by molar-refractivity contribution is -0.133. The van der Waals surface area contributed by atoms with E-state index in [2.05, 4.69) is 15.6 Å². The number of rotatable bonds is 4. The fourth-order valence-electron chi connectivity index (χ4n) is 1.87. The van der Waals surface area contributed by atoms with Gasteiger partial charge in [0.2, 0.25) is 0 Å². The molecular weight excluding hydrogens is 298 g/mol. The van der Waals surface area contributed by atoms with Gasteiger partial charge in [0.1, 0.15) is 17.3 Å². The molecule has 0 saturated heterocycles. The van der Waals surface area contributed by atoms with Gasteiger partial charge >= 0.3 is 11.8 Å². The van der Waals surface area contributed by atoms with Crippen LogP contribution in [-0.2, 0) is 9.59 Å². The molecule has 0 fully saturated rings. The molecule has 2 N–H and O–H groups in total. The second kappa shape index (κ2) is 7.26. The van der Waals surface area contributed by atoms with Crippen molar-refractivity contribution in [3.8, 4) is 11.5 Å². The summed E-state index contributed by atoms with van der Waals surface area (Å²) in [4.78, 5) is 28.0. The van der Waals surface area contributed by atoms with Gasteiger partial charge in [0.25, 0.3) is 0 Å². The number of aryl methyl sites for hydroxylation is 1. The highest BCUT2D eigenvalue weighted by Crippen LogP contribution is 2.28. The number of carbonyl (C=O) groups excluding carboxylic acids is 2. The molecule has 0 atom stereocenters. The first kappa shape index (κ1) is 16.3. The van der Waals surface area contributed by atoms with Crippen LogP contribution in [0.1, 0.15) is 5.56 Å². The minimum Gasteiger partial charge on any atom is -0.497 e. The van der Waals surface area contributed by atoms with Crippen LogP contribution in [0.4, 0.5) is 11.5 Å². The third-order valence-electron chi connectivity index (χ3n) is 3.10. The highest BCUT2D eigenvalue weighted by Gasteiger charge is 2.17. The normalized spacial score (nSPS) is 9.87. The van der Waals surface area contributed by atoms with Crippen molar-refractivity contribution in [1.29, 1.82) is 0 Å². The topological polar surface area (TPSA) is 89.5 Å². The Labute approximate surface area is 133 Å². The highest BCUT2D eigenvalue weighted by molar-refractivity contribution is 6.43. The Balaban J connectivity index is 2.12. The van der Waals surface area contributed by atoms with Gasteiger partial charge in [-0.1, -0.05) is 6.07 Å². The van der Waals surface area contributed by atoms with Gasteiger partial charge in [-0.05, 0) is 30.7 Å². The summed E-state index contributed by atoms with van der Waals surface area (Å²) in [6, 6.07) is 8.41. The molecule has 120 valence electrons. The summed E-state index contributed by atoms with van der Waals surface area (Å²) in [5.41, 5.74) is 1.09. The van der Waals surface area contributed by atoms with Gasteiger partial charge in [-0.25, -0.2) is 4.98 Å². The van der Waals surface area contributed by atoms with Crippen molar-refractivity contribution in [2.45, 2.75) is 6.92 Å². The van der Waals surface area contributed by atoms with Crippen LogP contribution in [0.25, 0.3) is 0 Å². The third kappa shape index (κ3) is 3.97. The fraction of sp³-hybridized carbons (Fsp3) is 0.188. The third-order valence-corrected chi connectivity index (χ3v) is 3.10. The number of anilines is 2. The van der Waals surface area contributed by atoms with E-state index in [9.17, 15) is 9.59 Å². The summed E-state index contributed by atoms with van der Waals surface area (Å²) < 4.78 is 10.2. The minimum absolute atomic E-state index is 0.338. The number of hydrogen-bond donors (Lipinski definition) is 2. The van der Waals surface area contributed by atoms with Crippen LogP contribution in [0, 0.1) is 6.92 Å². The van der Waals surface area contributed by atoms with Crippen molar-refractivity contribution in [3.63, 3.8) is 0 Å². The summed E-state index contributed by atoms with van der Waals surface area (Å²) in [7, 11) is 2.97. The summed E-state index contributed by atoms with van der Waals surface area (Å²) in [6.07, 6.45) is 1.53. The van der Waals surface area contributed by atoms with Gasteiger partial charge in [-0.15, -0.1) is 0 Å². The first-order valence-corrected chi connectivity index (χ1v) is 6.81. The van der Waals surface area contributed by atoms with Crippen LogP contribution < -0.4 is 20.1 Å². The van der Waals surface area contributed by atoms with E-state index in [1.807, 2.05) is 0 Å². The van der Waals surface area contributed by atoms with Gasteiger partial charge in [0, 0.05) is 12.3 Å². The van der Waals surface area contributed by atoms with E-state index >= 15 is 0 Å². The maximum Gasteiger partial charge on any atom is 0.315 e. The van der Waals surface area contributed by atoms with E-state index in [1.165, 1.54) is 20.4 Å². The van der Waals surface area contributed by atoms with E-state index in [0.717, 1.165) is 5.56 Å². The van der Waals surface area contributed by atoms with Crippen molar-refractivity contribution in [2.24, 2.45) is 0 Å². The van der Waals surface area contributed by atoms with Crippen LogP contribution in [-0.4, -0.2) is 31.0 Å². The number of ether oxygens (including phenoxy) is 2. The van der Waals surface area contributed by atoms with Gasteiger partial charge in [-0.3, -0.25) is 9.59 Å². The molecule has 2 amide bonds. The lowest BCUT2D eigenvalue weighted by Gasteiger charge is -2.12. The quantitative estimate of drug-likeness (QED) is 0.842. The molecule has 0 radical (unpaired) electrons. The van der Waals surface area contributed by atoms with Crippen molar-refractivity contribution in [2.75, 3.05) is 24.9 Å². The van der Waals surface area contributed by atoms with E-state index in [1.54, 1.807) is 37.3 Å². The molecule has 0 spiro atoms. The first-order valence-electron chi connectivity index (χ1n) is 6.81. The van der Waals surface area contributed by atoms with Crippen LogP contribution in [0.3, 0.4) is 0 Å². The summed E-state index contributed by atoms with van der Waals surface area (Å²) in [5, 5.41) is 4.95. The molecule has 0 aliphatic rings. The van der Waals surface area contributed by atoms with Crippen molar-refractivity contribution >= 4 is 23.3 Å². The Hall–Kier alpha value is -3.09. The van der Waals surface area contributed by atoms with E-state index < -0.39 is 11.8 Å². The Bertz CT molecular complexity index is 731. The van der Waals surface area contributed by atoms with Gasteiger partial charge in [0.15, 0.2) is 0 Å². The summed E-state index contributed by atoms with van der Waals surface area (Å²) in [6.45, 7) is 1.78. The number of aromatic nitrogens is 1. The number of nitrogens with one attached hydrogen (secondary N) is 2. The average Bonchev–Trinajstić information content (AvgIpc) is 2.56. The number of nitrogens with zero attached hydrogens (tertiary/aromatic N) is 1. The number of pyridine rings is 1. The molecule has 1 aromatic heterocycles. The molecule has 1 aromatic carbocycles. The Kier molecular flexibility index (Phi) is 5.14. The predicted molar refractivity (Wildman–Crippen MR) is 85.8 cm³/mol. The minimum atomic E-state index is -0.832. The lowest BCUT2D eigenvalue weighted by Crippen LogP contribution is -2.29. The summed E-state index contributed by atoms with van der Waals surface area (Å²) >= 11 is 0. The molecular formula is C16H17N3O4. The lowest BCUT2D eigenvalue weighted by atomic mass is 10.2. The van der Waals surface area contributed by atoms with Gasteiger partial charge in [-0.2, -0.15) is 0 Å². The van der Waals surface area contributed by atoms with Crippen LogP contribution in [0.15, 0.2) is 36.5 Å². The Morgan fingerprint density at radius 1 is 1.04 bits per heavy atom. The van der Waals surface area contributed by atoms with E-state index in [-0.39, 0.29) is 0 Å². The van der Waals surface area contributed by atoms with Crippen LogP contribution in [0.2, 0.25) is 0 Å². The maximum atomic E-state index is 12.0. The molecule has 0 bridgehead atoms. The molecule has 0 unspecified atom stereocenters. The predicted octanol–water partition coefficient (Wildman–Crippen LogP) is 1.98. The molecule has 0 saturated carbocycles. The van der Waals surface area contributed by atoms with Crippen LogP contribution in [0.5, 0.6) is 11.5 Å². The first-order chi connectivity index (χ1) is 11.0. The molecule has 7 heteroatoms. The average molecular weight is 315 g/mol. The largest absolute Gasteiger partial charge is 0.497 e. The second-order valence-corrected chi connectivity index (χ2v) is 4.64. The maximum absolute atomic E-state index is 12.0. The van der Waals surface area contributed by atoms with Crippen molar-refractivity contribution in [1.82, 2.24) is 4.98 Å². The van der Waals surface area contributed by atoms with E-state index in [4.69, 9.17) is 9.47 Å². The van der Waals surface area contributed by atoms with Crippen molar-refractivity contribution < 1.29 is 19.1 Å². The molecule has 2 rings (SSSR count). The Morgan fingerprint density at radius 3 is 2.43 bits per heavy atom. The molecule has 0 aliphatic heterocycles. The molecule has 0 aliphatic carbocycles. The highest BCUT2D eigenvalue weighted by atomic mass is 16.5. The van der Waals surface area contributed by atoms with Crippen LogP contribution >= 0.6 is 0 Å². The number of hydrogen-bond acceptors (Lipinski definition) is 5. The fourth-order valence-corrected chi connectivity index (χ4v) is 1.87. The van der Waals surface area contributed by atoms with Crippen molar-refractivity contribution in [3.05, 3.63) is 42.1 Å². The number of methoxy groups -OCH3 is 2. The Morgan fingerprint density at radius 2 is 1.78 bits per heavy atom. The zero-order valence-corrected chi connectivity index (χ0v) is 13.0. The zero-order valence-electron chi connectivity index (χ0n) is 13.0. The molecule has 2 aromatic rings. The number of carbonyl (C=O) groups is 2. The standard InChI is InChI=1S/C16H17N3O4/c1-10-5-4-8-17-14(10)19-16(21)15(20)18-12-9-11(22-2)6-7-13(12)23-3/h4-9H,1-3H3,(H,18,20)(H,17,19,21). The summed E-state index contributed by atoms with van der Waals surface area (Å²) in [5.74, 6) is -0.369. The monoisotopic (exact) mass is 315 g/mol.